The summed E-state index contributed by atoms with van der Waals surface area (Å²) in [5.74, 6) is -0.109. The van der Waals surface area contributed by atoms with Crippen LogP contribution in [0, 0.1) is 19.7 Å². The maximum absolute atomic E-state index is 13.3. The van der Waals surface area contributed by atoms with Gasteiger partial charge in [-0.1, -0.05) is 0 Å². The molecule has 112 valence electrons. The molecule has 4 heteroatoms. The molecular weight excluding hydrogens is 272 g/mol. The van der Waals surface area contributed by atoms with E-state index >= 15 is 0 Å². The average molecular weight is 297 g/mol. The van der Waals surface area contributed by atoms with Crippen molar-refractivity contribution >= 4 is 18.9 Å². The van der Waals surface area contributed by atoms with Gasteiger partial charge in [-0.15, -0.1) is 0 Å². The third-order valence-electron chi connectivity index (χ3n) is 4.81. The molecule has 0 radical (unpaired) electrons. The molecule has 1 aliphatic carbocycles. The van der Waals surface area contributed by atoms with Crippen molar-refractivity contribution in [2.45, 2.75) is 38.3 Å². The van der Waals surface area contributed by atoms with E-state index in [0.717, 1.165) is 36.1 Å². The van der Waals surface area contributed by atoms with Crippen molar-refractivity contribution < 1.29 is 9.18 Å². The zero-order valence-corrected chi connectivity index (χ0v) is 14.1. The van der Waals surface area contributed by atoms with Crippen LogP contribution in [0.2, 0.25) is 0 Å². The summed E-state index contributed by atoms with van der Waals surface area (Å²) in [4.78, 5) is 12.8. The molecule has 0 aromatic heterocycles. The summed E-state index contributed by atoms with van der Waals surface area (Å²) in [5.41, 5.74) is 2.36. The molecule has 1 saturated carbocycles. The Labute approximate surface area is 121 Å². The molecule has 1 aliphatic rings. The minimum atomic E-state index is -1.57. The number of benzene rings is 1. The quantitative estimate of drug-likeness (QED) is 0.841. The van der Waals surface area contributed by atoms with Gasteiger partial charge in [0.2, 0.25) is 0 Å². The number of anilines is 1. The Morgan fingerprint density at radius 2 is 1.70 bits per heavy atom. The maximum atomic E-state index is 13.3. The predicted molar refractivity (Wildman–Crippen MR) is 87.2 cm³/mol. The van der Waals surface area contributed by atoms with E-state index in [9.17, 15) is 9.18 Å². The second-order valence-corrected chi connectivity index (χ2v) is 12.5. The molecule has 2 nitrogen and oxygen atoms in total. The predicted octanol–water partition coefficient (Wildman–Crippen LogP) is 3.94. The Kier molecular flexibility index (Phi) is 3.94. The van der Waals surface area contributed by atoms with E-state index in [4.69, 9.17) is 0 Å². The first-order chi connectivity index (χ1) is 9.17. The zero-order valence-electron chi connectivity index (χ0n) is 13.1. The van der Waals surface area contributed by atoms with E-state index < -0.39 is 7.26 Å². The summed E-state index contributed by atoms with van der Waals surface area (Å²) in [6, 6.07) is 2.95. The van der Waals surface area contributed by atoms with Gasteiger partial charge in [-0.2, -0.15) is 0 Å². The molecule has 0 unspecified atom stereocenters. The van der Waals surface area contributed by atoms with E-state index in [0.29, 0.717) is 0 Å². The number of rotatable bonds is 3. The molecule has 2 rings (SSSR count). The molecule has 1 N–H and O–H groups in total. The molecule has 0 saturated heterocycles. The molecule has 1 fully saturated rings. The molecule has 0 heterocycles. The van der Waals surface area contributed by atoms with Crippen molar-refractivity contribution in [3.8, 4) is 0 Å². The van der Waals surface area contributed by atoms with Crippen LogP contribution < -0.4 is 5.32 Å². The Balaban J connectivity index is 2.29. The molecule has 0 spiro atoms. The van der Waals surface area contributed by atoms with Gasteiger partial charge in [-0.25, -0.2) is 0 Å². The Morgan fingerprint density at radius 3 is 2.05 bits per heavy atom. The fourth-order valence-electron chi connectivity index (χ4n) is 3.19. The van der Waals surface area contributed by atoms with E-state index in [1.54, 1.807) is 0 Å². The summed E-state index contributed by atoms with van der Waals surface area (Å²) in [6.45, 7) is 10.5. The fourth-order valence-corrected chi connectivity index (χ4v) is 5.79. The van der Waals surface area contributed by atoms with E-state index in [1.165, 1.54) is 12.1 Å². The zero-order chi connectivity index (χ0) is 15.1. The minimum absolute atomic E-state index is 0.140. The number of amides is 1. The molecule has 1 aromatic carbocycles. The van der Waals surface area contributed by atoms with Gasteiger partial charge in [0.15, 0.2) is 0 Å². The van der Waals surface area contributed by atoms with Crippen LogP contribution in [0.15, 0.2) is 12.1 Å². The van der Waals surface area contributed by atoms with Crippen LogP contribution in [-0.2, 0) is 4.79 Å². The summed E-state index contributed by atoms with van der Waals surface area (Å²) < 4.78 is 13.3. The Hall–Kier alpha value is -0.950. The third-order valence-corrected chi connectivity index (χ3v) is 8.41. The van der Waals surface area contributed by atoms with Gasteiger partial charge in [-0.3, -0.25) is 0 Å². The van der Waals surface area contributed by atoms with Crippen molar-refractivity contribution in [1.82, 2.24) is 0 Å². The average Bonchev–Trinajstić information content (AvgIpc) is 2.19. The second-order valence-electron chi connectivity index (χ2n) is 7.05. The Bertz CT molecular complexity index is 521. The van der Waals surface area contributed by atoms with Crippen molar-refractivity contribution in [3.63, 3.8) is 0 Å². The first-order valence-electron chi connectivity index (χ1n) is 7.25. The summed E-state index contributed by atoms with van der Waals surface area (Å²) in [5, 5.41) is 2.93. The molecular formula is C16H25FNOP. The topological polar surface area (TPSA) is 29.1 Å². The fraction of sp³-hybridized carbons (Fsp3) is 0.562. The first-order valence-corrected chi connectivity index (χ1v) is 10.8. The van der Waals surface area contributed by atoms with Gasteiger partial charge in [0.1, 0.15) is 0 Å². The standard InChI is InChI=1S/C16H25FNOP/c1-11-9-13(17)10-12(2)14(11)18-15(19)16(7-6-8-16)20(3,4)5/h9-10,20H,6-8H2,1-5H3,(H,18,19). The summed E-state index contributed by atoms with van der Waals surface area (Å²) >= 11 is 0. The van der Waals surface area contributed by atoms with Crippen molar-refractivity contribution in [2.24, 2.45) is 0 Å². The number of carbonyl (C=O) groups is 1. The third kappa shape index (κ3) is 2.48. The van der Waals surface area contributed by atoms with Crippen molar-refractivity contribution in [3.05, 3.63) is 29.1 Å². The van der Waals surface area contributed by atoms with Gasteiger partial charge in [0, 0.05) is 0 Å². The Morgan fingerprint density at radius 1 is 1.20 bits per heavy atom. The number of aryl methyl sites for hydroxylation is 2. The molecule has 0 atom stereocenters. The first kappa shape index (κ1) is 15.4. The number of nitrogens with one attached hydrogen (secondary N) is 1. The van der Waals surface area contributed by atoms with Crippen molar-refractivity contribution in [1.29, 1.82) is 0 Å². The monoisotopic (exact) mass is 297 g/mol. The SMILES string of the molecule is Cc1cc(F)cc(C)c1NC(=O)C1([PH](C)(C)C)CCC1. The molecule has 0 bridgehead atoms. The normalized spacial score (nSPS) is 18.3. The number of hydrogen-bond donors (Lipinski definition) is 1. The van der Waals surface area contributed by atoms with Gasteiger partial charge in [-0.05, 0) is 0 Å². The number of hydrogen-bond acceptors (Lipinski definition) is 1. The van der Waals surface area contributed by atoms with Crippen LogP contribution in [0.25, 0.3) is 0 Å². The van der Waals surface area contributed by atoms with Crippen LogP contribution in [0.1, 0.15) is 30.4 Å². The van der Waals surface area contributed by atoms with Gasteiger partial charge in [0.05, 0.1) is 0 Å². The molecule has 0 aliphatic heterocycles. The summed E-state index contributed by atoms with van der Waals surface area (Å²) in [7, 11) is -1.57. The van der Waals surface area contributed by atoms with Crippen LogP contribution >= 0.6 is 7.26 Å². The van der Waals surface area contributed by atoms with E-state index in [-0.39, 0.29) is 16.9 Å². The van der Waals surface area contributed by atoms with Crippen molar-refractivity contribution in [2.75, 3.05) is 25.3 Å². The number of carbonyl (C=O) groups excluding carboxylic acids is 1. The van der Waals surface area contributed by atoms with E-state index in [2.05, 4.69) is 25.3 Å². The second kappa shape index (κ2) is 5.11. The summed E-state index contributed by atoms with van der Waals surface area (Å²) in [6.07, 6.45) is 3.13. The molecule has 1 amide bonds. The van der Waals surface area contributed by atoms with Crippen LogP contribution in [0.3, 0.4) is 0 Å². The molecule has 20 heavy (non-hydrogen) atoms. The number of halogens is 1. The van der Waals surface area contributed by atoms with Gasteiger partial charge in [0.25, 0.3) is 0 Å². The van der Waals surface area contributed by atoms with Gasteiger partial charge >= 0.3 is 121 Å². The van der Waals surface area contributed by atoms with Crippen LogP contribution in [0.4, 0.5) is 10.1 Å². The van der Waals surface area contributed by atoms with Crippen LogP contribution in [0.5, 0.6) is 0 Å². The molecule has 1 aromatic rings. The van der Waals surface area contributed by atoms with E-state index in [1.807, 2.05) is 13.8 Å². The van der Waals surface area contributed by atoms with Crippen LogP contribution in [-0.4, -0.2) is 31.1 Å². The van der Waals surface area contributed by atoms with Gasteiger partial charge < -0.3 is 0 Å².